The Morgan fingerprint density at radius 2 is 2.24 bits per heavy atom. The molecule has 1 N–H and O–H groups in total. The van der Waals surface area contributed by atoms with E-state index in [1.54, 1.807) is 19.2 Å². The Kier molecular flexibility index (Phi) is 6.41. The summed E-state index contributed by atoms with van der Waals surface area (Å²) in [5.41, 5.74) is 0.594. The maximum Gasteiger partial charge on any atom is 0.147 e. The number of hydrogen-bond acceptors (Lipinski definition) is 2. The molecular weight excluding hydrogens is 308 g/mol. The predicted octanol–water partition coefficient (Wildman–Crippen LogP) is 3.93. The molecule has 17 heavy (non-hydrogen) atoms. The van der Waals surface area contributed by atoms with E-state index in [4.69, 9.17) is 16.3 Å². The van der Waals surface area contributed by atoms with Gasteiger partial charge in [0, 0.05) is 29.8 Å². The molecule has 0 radical (unpaired) electrons. The van der Waals surface area contributed by atoms with Crippen molar-refractivity contribution < 1.29 is 9.13 Å². The molecule has 96 valence electrons. The summed E-state index contributed by atoms with van der Waals surface area (Å²) >= 11 is 9.07. The normalized spacial score (nSPS) is 12.8. The van der Waals surface area contributed by atoms with Gasteiger partial charge in [-0.15, -0.1) is 0 Å². The minimum atomic E-state index is -0.363. The number of halogens is 3. The van der Waals surface area contributed by atoms with Crippen molar-refractivity contribution >= 4 is 27.5 Å². The van der Waals surface area contributed by atoms with Gasteiger partial charge in [0.2, 0.25) is 0 Å². The van der Waals surface area contributed by atoms with Crippen molar-refractivity contribution in [2.24, 2.45) is 0 Å². The van der Waals surface area contributed by atoms with Crippen LogP contribution in [0.4, 0.5) is 4.39 Å². The van der Waals surface area contributed by atoms with Gasteiger partial charge in [-0.05, 0) is 41.9 Å². The summed E-state index contributed by atoms with van der Waals surface area (Å²) < 4.78 is 19.5. The number of rotatable bonds is 6. The Labute approximate surface area is 115 Å². The highest BCUT2D eigenvalue weighted by atomic mass is 79.9. The van der Waals surface area contributed by atoms with Crippen molar-refractivity contribution in [3.63, 3.8) is 0 Å². The Morgan fingerprint density at radius 1 is 1.53 bits per heavy atom. The number of ether oxygens (including phenoxy) is 1. The first kappa shape index (κ1) is 14.9. The lowest BCUT2D eigenvalue weighted by atomic mass is 10.0. The smallest absolute Gasteiger partial charge is 0.147 e. The van der Waals surface area contributed by atoms with Crippen molar-refractivity contribution in [3.8, 4) is 0 Å². The van der Waals surface area contributed by atoms with Crippen LogP contribution in [0, 0.1) is 5.82 Å². The molecule has 0 saturated heterocycles. The Bertz CT molecular complexity index is 376. The zero-order valence-electron chi connectivity index (χ0n) is 9.90. The van der Waals surface area contributed by atoms with Crippen molar-refractivity contribution in [2.75, 3.05) is 20.8 Å². The highest BCUT2D eigenvalue weighted by Gasteiger charge is 2.17. The first-order valence-corrected chi connectivity index (χ1v) is 6.58. The van der Waals surface area contributed by atoms with Crippen LogP contribution in [-0.4, -0.2) is 20.8 Å². The van der Waals surface area contributed by atoms with Crippen molar-refractivity contribution in [3.05, 3.63) is 33.0 Å². The molecule has 1 atom stereocenters. The summed E-state index contributed by atoms with van der Waals surface area (Å²) in [5, 5.41) is 3.23. The van der Waals surface area contributed by atoms with Crippen LogP contribution < -0.4 is 5.32 Å². The predicted molar refractivity (Wildman–Crippen MR) is 72.0 cm³/mol. The third-order valence-corrected chi connectivity index (χ3v) is 3.89. The Morgan fingerprint density at radius 3 is 2.82 bits per heavy atom. The number of nitrogens with one attached hydrogen (secondary N) is 1. The fourth-order valence-electron chi connectivity index (χ4n) is 1.70. The van der Waals surface area contributed by atoms with E-state index in [-0.39, 0.29) is 16.9 Å². The first-order chi connectivity index (χ1) is 8.11. The molecule has 0 spiro atoms. The molecule has 1 aromatic carbocycles. The Balaban J connectivity index is 2.85. The van der Waals surface area contributed by atoms with Crippen molar-refractivity contribution in [1.29, 1.82) is 0 Å². The summed E-state index contributed by atoms with van der Waals surface area (Å²) in [7, 11) is 3.47. The van der Waals surface area contributed by atoms with Gasteiger partial charge in [0.05, 0.1) is 5.02 Å². The van der Waals surface area contributed by atoms with E-state index in [1.165, 1.54) is 0 Å². The van der Waals surface area contributed by atoms with Crippen LogP contribution >= 0.6 is 27.5 Å². The molecule has 0 aliphatic rings. The van der Waals surface area contributed by atoms with Crippen LogP contribution in [0.25, 0.3) is 0 Å². The van der Waals surface area contributed by atoms with Crippen LogP contribution in [0.5, 0.6) is 0 Å². The second kappa shape index (κ2) is 7.31. The lowest BCUT2D eigenvalue weighted by Crippen LogP contribution is -2.18. The molecule has 0 aromatic heterocycles. The summed E-state index contributed by atoms with van der Waals surface area (Å²) in [4.78, 5) is 0. The summed E-state index contributed by atoms with van der Waals surface area (Å²) in [6.07, 6.45) is 1.67. The van der Waals surface area contributed by atoms with Gasteiger partial charge in [0.25, 0.3) is 0 Å². The molecule has 0 saturated carbocycles. The SMILES string of the molecule is CNC(CCCOC)c1ccc(Br)c(Cl)c1F. The molecular formula is C12H16BrClFNO. The molecule has 2 nitrogen and oxygen atoms in total. The number of hydrogen-bond donors (Lipinski definition) is 1. The highest BCUT2D eigenvalue weighted by Crippen LogP contribution is 2.31. The van der Waals surface area contributed by atoms with Gasteiger partial charge in [-0.2, -0.15) is 0 Å². The van der Waals surface area contributed by atoms with Crippen LogP contribution in [0.15, 0.2) is 16.6 Å². The quantitative estimate of drug-likeness (QED) is 0.632. The molecule has 0 heterocycles. The minimum Gasteiger partial charge on any atom is -0.385 e. The summed E-state index contributed by atoms with van der Waals surface area (Å²) in [6, 6.07) is 3.47. The van der Waals surface area contributed by atoms with Crippen LogP contribution in [-0.2, 0) is 4.74 Å². The van der Waals surface area contributed by atoms with Crippen LogP contribution in [0.3, 0.4) is 0 Å². The maximum atomic E-state index is 14.0. The maximum absolute atomic E-state index is 14.0. The zero-order valence-corrected chi connectivity index (χ0v) is 12.2. The average molecular weight is 325 g/mol. The van der Waals surface area contributed by atoms with Gasteiger partial charge in [0.1, 0.15) is 5.82 Å². The minimum absolute atomic E-state index is 0.0456. The number of benzene rings is 1. The lowest BCUT2D eigenvalue weighted by Gasteiger charge is -2.18. The first-order valence-electron chi connectivity index (χ1n) is 5.41. The molecule has 1 rings (SSSR count). The highest BCUT2D eigenvalue weighted by molar-refractivity contribution is 9.10. The second-order valence-corrected chi connectivity index (χ2v) is 4.97. The molecule has 0 fully saturated rings. The topological polar surface area (TPSA) is 21.3 Å². The monoisotopic (exact) mass is 323 g/mol. The number of methoxy groups -OCH3 is 1. The Hall–Kier alpha value is -0.160. The zero-order chi connectivity index (χ0) is 12.8. The van der Waals surface area contributed by atoms with Gasteiger partial charge in [-0.3, -0.25) is 0 Å². The van der Waals surface area contributed by atoms with E-state index in [0.717, 1.165) is 12.8 Å². The largest absolute Gasteiger partial charge is 0.385 e. The third-order valence-electron chi connectivity index (χ3n) is 2.63. The molecule has 1 aromatic rings. The molecule has 5 heteroatoms. The van der Waals surface area contributed by atoms with E-state index in [0.29, 0.717) is 16.6 Å². The third kappa shape index (κ3) is 3.91. The summed E-state index contributed by atoms with van der Waals surface area (Å²) in [6.45, 7) is 0.671. The average Bonchev–Trinajstić information content (AvgIpc) is 2.33. The van der Waals surface area contributed by atoms with Gasteiger partial charge >= 0.3 is 0 Å². The summed E-state index contributed by atoms with van der Waals surface area (Å²) in [5.74, 6) is -0.363. The van der Waals surface area contributed by atoms with E-state index in [2.05, 4.69) is 21.2 Å². The standard InChI is InChI=1S/C12H16BrClFNO/c1-16-10(4-3-7-17-2)8-5-6-9(13)11(14)12(8)15/h5-6,10,16H,3-4,7H2,1-2H3. The fourth-order valence-corrected chi connectivity index (χ4v) is 2.18. The molecule has 0 aliphatic carbocycles. The van der Waals surface area contributed by atoms with Gasteiger partial charge in [0.15, 0.2) is 0 Å². The lowest BCUT2D eigenvalue weighted by molar-refractivity contribution is 0.189. The van der Waals surface area contributed by atoms with E-state index < -0.39 is 0 Å². The van der Waals surface area contributed by atoms with Crippen molar-refractivity contribution in [2.45, 2.75) is 18.9 Å². The van der Waals surface area contributed by atoms with E-state index >= 15 is 0 Å². The molecule has 0 amide bonds. The van der Waals surface area contributed by atoms with E-state index in [9.17, 15) is 4.39 Å². The molecule has 1 unspecified atom stereocenters. The fraction of sp³-hybridized carbons (Fsp3) is 0.500. The van der Waals surface area contributed by atoms with Crippen LogP contribution in [0.2, 0.25) is 5.02 Å². The van der Waals surface area contributed by atoms with Crippen LogP contribution in [0.1, 0.15) is 24.4 Å². The van der Waals surface area contributed by atoms with Crippen molar-refractivity contribution in [1.82, 2.24) is 5.32 Å². The molecule has 0 bridgehead atoms. The second-order valence-electron chi connectivity index (χ2n) is 3.74. The van der Waals surface area contributed by atoms with E-state index in [1.807, 2.05) is 7.05 Å². The van der Waals surface area contributed by atoms with Gasteiger partial charge in [-0.1, -0.05) is 17.7 Å². The van der Waals surface area contributed by atoms with Gasteiger partial charge in [-0.25, -0.2) is 4.39 Å². The molecule has 0 aliphatic heterocycles. The van der Waals surface area contributed by atoms with Gasteiger partial charge < -0.3 is 10.1 Å².